The van der Waals surface area contributed by atoms with Crippen molar-refractivity contribution in [3.63, 3.8) is 0 Å². The molecule has 3 aliphatic rings. The molecule has 0 aromatic heterocycles. The van der Waals surface area contributed by atoms with E-state index in [2.05, 4.69) is 19.9 Å². The zero-order valence-electron chi connectivity index (χ0n) is 11.7. The second-order valence-electron chi connectivity index (χ2n) is 5.88. The molecule has 0 unspecified atom stereocenters. The van der Waals surface area contributed by atoms with Crippen molar-refractivity contribution >= 4 is 23.5 Å². The number of rotatable bonds is 1. The van der Waals surface area contributed by atoms with Crippen molar-refractivity contribution in [1.29, 1.82) is 0 Å². The van der Waals surface area contributed by atoms with Crippen LogP contribution >= 0.6 is 23.5 Å². The molecule has 0 radical (unpaired) electrons. The maximum absolute atomic E-state index is 13.4. The first kappa shape index (κ1) is 15.4. The number of thioether (sulfide) groups is 2. The number of allylic oxidation sites excluding steroid dienone is 1. The number of hydrogen-bond acceptors (Lipinski definition) is 3. The standard InChI is InChI=1S/C14H21OS2.Li/c1-3-11-13(2)6-5-10(13)9-14(11,15)12-16-7-4-8-17-12;/h3,10,12H,4-9H2,1-2H3;/q-1;+1/b11-3+;/t10-,13+,14+;/m1./s1. The Kier molecular flexibility index (Phi) is 4.63. The molecule has 2 saturated carbocycles. The zero-order valence-corrected chi connectivity index (χ0v) is 13.3. The third-order valence-corrected chi connectivity index (χ3v) is 8.26. The predicted octanol–water partition coefficient (Wildman–Crippen LogP) is 0.0520. The minimum Gasteiger partial charge on any atom is -0.845 e. The van der Waals surface area contributed by atoms with Gasteiger partial charge < -0.3 is 5.11 Å². The summed E-state index contributed by atoms with van der Waals surface area (Å²) in [6, 6.07) is 0. The average Bonchev–Trinajstić information content (AvgIpc) is 2.50. The van der Waals surface area contributed by atoms with E-state index in [1.807, 2.05) is 23.5 Å². The van der Waals surface area contributed by atoms with Crippen LogP contribution in [0.3, 0.4) is 0 Å². The summed E-state index contributed by atoms with van der Waals surface area (Å²) >= 11 is 3.84. The molecule has 3 fully saturated rings. The zero-order chi connectivity index (χ0) is 12.1. The molecule has 4 heteroatoms. The van der Waals surface area contributed by atoms with Gasteiger partial charge >= 0.3 is 18.9 Å². The Hall–Kier alpha value is 0.997. The van der Waals surface area contributed by atoms with E-state index in [9.17, 15) is 5.11 Å². The Morgan fingerprint density at radius 1 is 1.33 bits per heavy atom. The monoisotopic (exact) mass is 276 g/mol. The summed E-state index contributed by atoms with van der Waals surface area (Å²) in [5, 5.41) is 13.4. The molecule has 0 aromatic rings. The van der Waals surface area contributed by atoms with Gasteiger partial charge in [0.15, 0.2) is 0 Å². The molecule has 3 rings (SSSR count). The van der Waals surface area contributed by atoms with Crippen molar-refractivity contribution in [2.75, 3.05) is 11.5 Å². The van der Waals surface area contributed by atoms with Crippen molar-refractivity contribution in [3.05, 3.63) is 11.6 Å². The van der Waals surface area contributed by atoms with Gasteiger partial charge in [-0.05, 0) is 49.0 Å². The number of fused-ring (bicyclic) bond motifs is 1. The van der Waals surface area contributed by atoms with Crippen molar-refractivity contribution in [2.45, 2.75) is 49.7 Å². The fraction of sp³-hybridized carbons (Fsp3) is 0.857. The summed E-state index contributed by atoms with van der Waals surface area (Å²) in [4.78, 5) is 0. The van der Waals surface area contributed by atoms with Gasteiger partial charge in [-0.15, -0.1) is 23.5 Å². The Balaban J connectivity index is 0.00000120. The van der Waals surface area contributed by atoms with Crippen LogP contribution in [0.5, 0.6) is 0 Å². The van der Waals surface area contributed by atoms with E-state index in [0.29, 0.717) is 5.92 Å². The molecule has 0 spiro atoms. The molecule has 1 aliphatic heterocycles. The summed E-state index contributed by atoms with van der Waals surface area (Å²) in [6.45, 7) is 4.40. The predicted molar refractivity (Wildman–Crippen MR) is 75.3 cm³/mol. The third kappa shape index (κ3) is 2.06. The van der Waals surface area contributed by atoms with E-state index < -0.39 is 5.60 Å². The second kappa shape index (κ2) is 5.41. The van der Waals surface area contributed by atoms with E-state index in [-0.39, 0.29) is 28.9 Å². The first-order chi connectivity index (χ1) is 8.11. The van der Waals surface area contributed by atoms with E-state index in [1.54, 1.807) is 0 Å². The van der Waals surface area contributed by atoms with Crippen LogP contribution < -0.4 is 24.0 Å². The fourth-order valence-electron chi connectivity index (χ4n) is 3.98. The van der Waals surface area contributed by atoms with Crippen LogP contribution in [0.15, 0.2) is 11.6 Å². The maximum atomic E-state index is 13.4. The molecular formula is C14H21LiOS2. The molecule has 18 heavy (non-hydrogen) atoms. The van der Waals surface area contributed by atoms with Crippen LogP contribution in [0.25, 0.3) is 0 Å². The molecule has 1 heterocycles. The third-order valence-electron chi connectivity index (χ3n) is 5.03. The molecule has 3 atom stereocenters. The van der Waals surface area contributed by atoms with Gasteiger partial charge in [-0.1, -0.05) is 30.6 Å². The summed E-state index contributed by atoms with van der Waals surface area (Å²) in [7, 11) is 0. The fourth-order valence-corrected chi connectivity index (χ4v) is 7.16. The van der Waals surface area contributed by atoms with Gasteiger partial charge in [-0.3, -0.25) is 0 Å². The van der Waals surface area contributed by atoms with Gasteiger partial charge in [0.2, 0.25) is 0 Å². The molecule has 0 amide bonds. The number of hydrogen-bond donors (Lipinski definition) is 0. The SMILES string of the molecule is C/C=C1/[C@]([O-])(C2SCCCS2)C[C@H]2CC[C@]12C.[Li+]. The Labute approximate surface area is 131 Å². The Bertz CT molecular complexity index is 354. The molecule has 0 N–H and O–H groups in total. The van der Waals surface area contributed by atoms with Crippen LogP contribution in [0, 0.1) is 11.3 Å². The minimum absolute atomic E-state index is 0. The van der Waals surface area contributed by atoms with Crippen LogP contribution in [0.4, 0.5) is 0 Å². The van der Waals surface area contributed by atoms with Gasteiger partial charge in [0.25, 0.3) is 0 Å². The largest absolute Gasteiger partial charge is 1.00 e. The van der Waals surface area contributed by atoms with Crippen molar-refractivity contribution in [1.82, 2.24) is 0 Å². The Morgan fingerprint density at radius 3 is 2.50 bits per heavy atom. The van der Waals surface area contributed by atoms with Gasteiger partial charge in [-0.25, -0.2) is 0 Å². The van der Waals surface area contributed by atoms with Crippen LogP contribution in [0.1, 0.15) is 39.5 Å². The molecule has 1 saturated heterocycles. The van der Waals surface area contributed by atoms with E-state index >= 15 is 0 Å². The smallest absolute Gasteiger partial charge is 0.845 e. The molecule has 0 bridgehead atoms. The second-order valence-corrected chi connectivity index (χ2v) is 8.60. The molecule has 1 nitrogen and oxygen atoms in total. The maximum Gasteiger partial charge on any atom is 1.00 e. The Morgan fingerprint density at radius 2 is 2.00 bits per heavy atom. The molecule has 96 valence electrons. The van der Waals surface area contributed by atoms with Gasteiger partial charge in [-0.2, -0.15) is 0 Å². The van der Waals surface area contributed by atoms with Crippen molar-refractivity contribution in [2.24, 2.45) is 11.3 Å². The summed E-state index contributed by atoms with van der Waals surface area (Å²) in [5.74, 6) is 3.04. The summed E-state index contributed by atoms with van der Waals surface area (Å²) < 4.78 is 0.268. The summed E-state index contributed by atoms with van der Waals surface area (Å²) in [6.07, 6.45) is 6.84. The first-order valence-corrected chi connectivity index (χ1v) is 8.82. The first-order valence-electron chi connectivity index (χ1n) is 6.72. The topological polar surface area (TPSA) is 23.1 Å². The molecule has 0 aromatic carbocycles. The normalized spacial score (nSPS) is 46.4. The quantitative estimate of drug-likeness (QED) is 0.499. The summed E-state index contributed by atoms with van der Waals surface area (Å²) in [5.41, 5.74) is 0.739. The van der Waals surface area contributed by atoms with Crippen LogP contribution in [0.2, 0.25) is 0 Å². The van der Waals surface area contributed by atoms with Crippen LogP contribution in [-0.2, 0) is 0 Å². The van der Waals surface area contributed by atoms with Crippen molar-refractivity contribution < 1.29 is 24.0 Å². The molecular weight excluding hydrogens is 255 g/mol. The van der Waals surface area contributed by atoms with E-state index in [1.165, 1.54) is 36.3 Å². The van der Waals surface area contributed by atoms with Gasteiger partial charge in [0.05, 0.1) is 0 Å². The minimum atomic E-state index is -0.763. The van der Waals surface area contributed by atoms with Crippen LogP contribution in [-0.4, -0.2) is 21.7 Å². The molecule has 2 aliphatic carbocycles. The van der Waals surface area contributed by atoms with Crippen molar-refractivity contribution in [3.8, 4) is 0 Å². The average molecular weight is 276 g/mol. The van der Waals surface area contributed by atoms with Gasteiger partial charge in [0, 0.05) is 4.58 Å². The van der Waals surface area contributed by atoms with Gasteiger partial charge in [0.1, 0.15) is 0 Å². The van der Waals surface area contributed by atoms with E-state index in [0.717, 1.165) is 6.42 Å². The van der Waals surface area contributed by atoms with E-state index in [4.69, 9.17) is 0 Å².